The lowest BCUT2D eigenvalue weighted by Gasteiger charge is -2.42. The molecule has 1 aliphatic carbocycles. The van der Waals surface area contributed by atoms with E-state index in [0.717, 1.165) is 35.8 Å². The number of carboxylic acids is 1. The van der Waals surface area contributed by atoms with E-state index in [2.05, 4.69) is 10.3 Å². The van der Waals surface area contributed by atoms with Crippen molar-refractivity contribution in [2.75, 3.05) is 18.4 Å². The number of rotatable bonds is 8. The summed E-state index contributed by atoms with van der Waals surface area (Å²) in [5.74, 6) is -0.795. The molecule has 9 heteroatoms. The average Bonchev–Trinajstić information content (AvgIpc) is 3.04. The molecule has 0 aliphatic heterocycles. The van der Waals surface area contributed by atoms with Gasteiger partial charge in [-0.05, 0) is 31.5 Å². The van der Waals surface area contributed by atoms with Crippen molar-refractivity contribution in [3.63, 3.8) is 0 Å². The first kappa shape index (κ1) is 18.3. The molecule has 0 unspecified atom stereocenters. The van der Waals surface area contributed by atoms with Gasteiger partial charge in [-0.1, -0.05) is 6.92 Å². The van der Waals surface area contributed by atoms with Gasteiger partial charge in [0.2, 0.25) is 0 Å². The summed E-state index contributed by atoms with van der Waals surface area (Å²) in [4.78, 5) is 27.7. The number of carboxylic acid groups (broad SMARTS) is 1. The molecule has 138 valence electrons. The normalized spacial score (nSPS) is 19.2. The van der Waals surface area contributed by atoms with Crippen LogP contribution in [-0.4, -0.2) is 51.1 Å². The van der Waals surface area contributed by atoms with Gasteiger partial charge in [0.05, 0.1) is 17.2 Å². The number of carbonyl (C=O) groups is 1. The molecule has 1 fully saturated rings. The van der Waals surface area contributed by atoms with Crippen LogP contribution in [0.25, 0.3) is 11.3 Å². The third-order valence-corrected chi connectivity index (χ3v) is 5.35. The Kier molecular flexibility index (Phi) is 5.48. The molecule has 1 saturated carbocycles. The smallest absolute Gasteiger partial charge is 0.317 e. The fraction of sp³-hybridized carbons (Fsp3) is 0.412. The highest BCUT2D eigenvalue weighted by atomic mass is 32.1. The van der Waals surface area contributed by atoms with Gasteiger partial charge in [-0.3, -0.25) is 19.8 Å². The summed E-state index contributed by atoms with van der Waals surface area (Å²) in [6.07, 6.45) is 1.79. The van der Waals surface area contributed by atoms with Gasteiger partial charge in [0.25, 0.3) is 5.69 Å². The largest absolute Gasteiger partial charge is 0.480 e. The van der Waals surface area contributed by atoms with Crippen molar-refractivity contribution in [2.24, 2.45) is 0 Å². The van der Waals surface area contributed by atoms with Crippen molar-refractivity contribution in [2.45, 2.75) is 31.8 Å². The van der Waals surface area contributed by atoms with Gasteiger partial charge >= 0.3 is 5.97 Å². The lowest BCUT2D eigenvalue weighted by molar-refractivity contribution is -0.384. The van der Waals surface area contributed by atoms with E-state index in [-0.39, 0.29) is 12.2 Å². The number of nitrogens with one attached hydrogen (secondary N) is 1. The van der Waals surface area contributed by atoms with Crippen LogP contribution >= 0.6 is 11.3 Å². The lowest BCUT2D eigenvalue weighted by Crippen LogP contribution is -2.51. The van der Waals surface area contributed by atoms with Crippen LogP contribution in [-0.2, 0) is 4.79 Å². The summed E-state index contributed by atoms with van der Waals surface area (Å²) in [5.41, 5.74) is 1.68. The summed E-state index contributed by atoms with van der Waals surface area (Å²) in [6, 6.07) is 6.92. The molecule has 0 bridgehead atoms. The Morgan fingerprint density at radius 2 is 2.12 bits per heavy atom. The molecule has 8 nitrogen and oxygen atoms in total. The Labute approximate surface area is 154 Å². The molecular formula is C17H20N4O4S. The van der Waals surface area contributed by atoms with Gasteiger partial charge in [-0.25, -0.2) is 4.98 Å². The van der Waals surface area contributed by atoms with Crippen molar-refractivity contribution >= 4 is 28.1 Å². The molecule has 1 aromatic heterocycles. The fourth-order valence-electron chi connectivity index (χ4n) is 3.08. The molecule has 0 spiro atoms. The summed E-state index contributed by atoms with van der Waals surface area (Å²) in [5, 5.41) is 25.8. The number of benzene rings is 1. The Morgan fingerprint density at radius 3 is 2.69 bits per heavy atom. The molecule has 0 radical (unpaired) electrons. The second kappa shape index (κ2) is 7.79. The summed E-state index contributed by atoms with van der Waals surface area (Å²) < 4.78 is 0. The molecule has 0 atom stereocenters. The zero-order valence-electron chi connectivity index (χ0n) is 14.3. The van der Waals surface area contributed by atoms with Gasteiger partial charge in [0.15, 0.2) is 5.13 Å². The number of anilines is 1. The zero-order chi connectivity index (χ0) is 18.7. The van der Waals surface area contributed by atoms with Crippen LogP contribution in [0.5, 0.6) is 0 Å². The maximum atomic E-state index is 10.9. The van der Waals surface area contributed by atoms with Crippen LogP contribution in [0.4, 0.5) is 10.8 Å². The average molecular weight is 376 g/mol. The fourth-order valence-corrected chi connectivity index (χ4v) is 3.88. The lowest BCUT2D eigenvalue weighted by atomic mass is 9.85. The van der Waals surface area contributed by atoms with Crippen LogP contribution in [0.1, 0.15) is 19.8 Å². The molecule has 0 saturated heterocycles. The minimum atomic E-state index is -0.795. The van der Waals surface area contributed by atoms with E-state index < -0.39 is 10.9 Å². The van der Waals surface area contributed by atoms with E-state index in [9.17, 15) is 14.9 Å². The number of non-ortho nitro benzene ring substituents is 1. The minimum Gasteiger partial charge on any atom is -0.480 e. The van der Waals surface area contributed by atoms with E-state index in [1.54, 1.807) is 12.1 Å². The van der Waals surface area contributed by atoms with E-state index in [1.807, 2.05) is 17.2 Å². The molecule has 1 aromatic carbocycles. The molecule has 1 aliphatic rings. The van der Waals surface area contributed by atoms with Crippen LogP contribution in [0, 0.1) is 10.1 Å². The Morgan fingerprint density at radius 1 is 1.42 bits per heavy atom. The number of likely N-dealkylation sites (N-methyl/N-ethyl adjacent to an activating group) is 1. The van der Waals surface area contributed by atoms with Crippen LogP contribution < -0.4 is 5.32 Å². The van der Waals surface area contributed by atoms with E-state index in [0.29, 0.717) is 12.1 Å². The summed E-state index contributed by atoms with van der Waals surface area (Å²) in [7, 11) is 0. The Bertz CT molecular complexity index is 786. The van der Waals surface area contributed by atoms with Crippen molar-refractivity contribution in [1.82, 2.24) is 9.88 Å². The molecule has 26 heavy (non-hydrogen) atoms. The van der Waals surface area contributed by atoms with E-state index in [1.165, 1.54) is 23.5 Å². The highest BCUT2D eigenvalue weighted by Crippen LogP contribution is 2.31. The summed E-state index contributed by atoms with van der Waals surface area (Å²) >= 11 is 1.49. The van der Waals surface area contributed by atoms with Gasteiger partial charge in [0.1, 0.15) is 0 Å². The number of thiazole rings is 1. The molecule has 1 heterocycles. The predicted molar refractivity (Wildman–Crippen MR) is 99.5 cm³/mol. The van der Waals surface area contributed by atoms with Gasteiger partial charge in [-0.2, -0.15) is 0 Å². The van der Waals surface area contributed by atoms with Crippen molar-refractivity contribution in [1.29, 1.82) is 0 Å². The molecule has 2 N–H and O–H groups in total. The SMILES string of the molecule is CCN(CC(=O)O)C1CC(Nc2nc(-c3ccc([N+](=O)[O-])cc3)cs2)C1. The Hall–Kier alpha value is -2.52. The second-order valence-electron chi connectivity index (χ2n) is 6.27. The predicted octanol–water partition coefficient (Wildman–Crippen LogP) is 3.07. The number of aromatic nitrogens is 1. The number of hydrogen-bond acceptors (Lipinski definition) is 7. The molecule has 0 amide bonds. The third-order valence-electron chi connectivity index (χ3n) is 4.58. The first-order valence-electron chi connectivity index (χ1n) is 8.39. The number of nitro groups is 1. The monoisotopic (exact) mass is 376 g/mol. The number of aliphatic carboxylic acids is 1. The zero-order valence-corrected chi connectivity index (χ0v) is 15.1. The highest BCUT2D eigenvalue weighted by Gasteiger charge is 2.34. The van der Waals surface area contributed by atoms with Crippen molar-refractivity contribution in [3.05, 3.63) is 39.8 Å². The minimum absolute atomic E-state index is 0.0599. The Balaban J connectivity index is 1.55. The van der Waals surface area contributed by atoms with Gasteiger partial charge in [0, 0.05) is 35.2 Å². The number of hydrogen-bond donors (Lipinski definition) is 2. The van der Waals surface area contributed by atoms with Crippen molar-refractivity contribution < 1.29 is 14.8 Å². The number of nitro benzene ring substituents is 1. The van der Waals surface area contributed by atoms with Crippen LogP contribution in [0.2, 0.25) is 0 Å². The van der Waals surface area contributed by atoms with E-state index >= 15 is 0 Å². The summed E-state index contributed by atoms with van der Waals surface area (Å²) in [6.45, 7) is 2.78. The maximum absolute atomic E-state index is 10.9. The number of nitrogens with zero attached hydrogens (tertiary/aromatic N) is 3. The standard InChI is InChI=1S/C17H20N4O4S/c1-2-20(9-16(22)23)14-7-12(8-14)18-17-19-15(10-26-17)11-3-5-13(6-4-11)21(24)25/h3-6,10,12,14H,2,7-9H2,1H3,(H,18,19)(H,22,23). The topological polar surface area (TPSA) is 109 Å². The highest BCUT2D eigenvalue weighted by molar-refractivity contribution is 7.14. The third kappa shape index (κ3) is 4.17. The van der Waals surface area contributed by atoms with Gasteiger partial charge < -0.3 is 10.4 Å². The van der Waals surface area contributed by atoms with Crippen LogP contribution in [0.15, 0.2) is 29.6 Å². The first-order chi connectivity index (χ1) is 12.5. The van der Waals surface area contributed by atoms with Crippen LogP contribution in [0.3, 0.4) is 0 Å². The van der Waals surface area contributed by atoms with Gasteiger partial charge in [-0.15, -0.1) is 11.3 Å². The molecular weight excluding hydrogens is 356 g/mol. The molecule has 3 rings (SSSR count). The quantitative estimate of drug-likeness (QED) is 0.538. The van der Waals surface area contributed by atoms with E-state index in [4.69, 9.17) is 5.11 Å². The first-order valence-corrected chi connectivity index (χ1v) is 9.27. The molecule has 2 aromatic rings. The maximum Gasteiger partial charge on any atom is 0.317 e. The van der Waals surface area contributed by atoms with Crippen molar-refractivity contribution in [3.8, 4) is 11.3 Å². The second-order valence-corrected chi connectivity index (χ2v) is 7.12.